The summed E-state index contributed by atoms with van der Waals surface area (Å²) in [4.78, 5) is 6.46. The van der Waals surface area contributed by atoms with E-state index in [2.05, 4.69) is 263 Å². The minimum Gasteiger partial charge on any atom is -0.309 e. The molecule has 15 aromatic rings. The van der Waals surface area contributed by atoms with E-state index in [1.54, 1.807) is 0 Å². The molecule has 2 heterocycles. The second-order valence-electron chi connectivity index (χ2n) is 24.1. The molecule has 0 saturated heterocycles. The molecule has 2 aliphatic carbocycles. The molecule has 17 rings (SSSR count). The highest BCUT2D eigenvalue weighted by Crippen LogP contribution is 2.48. The van der Waals surface area contributed by atoms with E-state index in [-0.39, 0.29) is 0 Å². The van der Waals surface area contributed by atoms with Crippen LogP contribution in [0.1, 0.15) is 56.5 Å². The van der Waals surface area contributed by atoms with Crippen LogP contribution in [-0.2, 0) is 6.42 Å². The Labute approximate surface area is 555 Å². The fourth-order valence-corrected chi connectivity index (χ4v) is 15.1. The van der Waals surface area contributed by atoms with E-state index < -0.39 is 0 Å². The highest BCUT2D eigenvalue weighted by molar-refractivity contribution is 7.00. The maximum Gasteiger partial charge on any atom is 0.202 e. The molecule has 0 amide bonds. The SMILES string of the molecule is [C-]#[N+]C(=C(c1ccccc1)c1ccccc1)c1ccc(-c2ccc(N(c3ccc(-c4ccc(C(C#N)=C(c5ccccc5)c5ccccc5)cc4)cc3)c3ccc(-c4cccc5c4c4ccccc4n5-c4ccc5ccc6c7c5c4CC=C7CC=C6)c4nsnc34)cc2)cc1. The summed E-state index contributed by atoms with van der Waals surface area (Å²) in [5, 5.41) is 15.8. The molecule has 0 unspecified atom stereocenters. The normalized spacial score (nSPS) is 12.1. The van der Waals surface area contributed by atoms with Crippen molar-refractivity contribution in [2.24, 2.45) is 0 Å². The van der Waals surface area contributed by atoms with Crippen LogP contribution >= 0.6 is 11.7 Å². The Morgan fingerprint density at radius 2 is 1.00 bits per heavy atom. The Morgan fingerprint density at radius 3 is 1.60 bits per heavy atom. The van der Waals surface area contributed by atoms with Crippen molar-refractivity contribution >= 4 is 106 Å². The summed E-state index contributed by atoms with van der Waals surface area (Å²) in [5.74, 6) is 0. The number of anilines is 3. The molecule has 6 nitrogen and oxygen atoms in total. The van der Waals surface area contributed by atoms with Crippen molar-refractivity contribution in [3.63, 3.8) is 0 Å². The van der Waals surface area contributed by atoms with Crippen molar-refractivity contribution in [2.45, 2.75) is 12.8 Å². The summed E-state index contributed by atoms with van der Waals surface area (Å²) < 4.78 is 12.8. The van der Waals surface area contributed by atoms with Crippen molar-refractivity contribution in [1.82, 2.24) is 13.3 Å². The number of benzene rings is 13. The zero-order valence-corrected chi connectivity index (χ0v) is 52.3. The minimum atomic E-state index is 0.601. The van der Waals surface area contributed by atoms with Crippen LogP contribution in [0.3, 0.4) is 0 Å². The fraction of sp³-hybridized carbons (Fsp3) is 0.0227. The van der Waals surface area contributed by atoms with Crippen LogP contribution in [0, 0.1) is 17.9 Å². The second kappa shape index (κ2) is 23.9. The molecular weight excluding hydrogens is 1170 g/mol. The van der Waals surface area contributed by atoms with Crippen molar-refractivity contribution in [3.05, 3.63) is 371 Å². The number of allylic oxidation sites excluding steroid dienone is 4. The van der Waals surface area contributed by atoms with Crippen LogP contribution in [0.5, 0.6) is 0 Å². The van der Waals surface area contributed by atoms with Gasteiger partial charge in [0.15, 0.2) is 0 Å². The van der Waals surface area contributed by atoms with Crippen molar-refractivity contribution < 1.29 is 0 Å². The highest BCUT2D eigenvalue weighted by Gasteiger charge is 2.27. The van der Waals surface area contributed by atoms with E-state index >= 15 is 0 Å². The number of nitrogens with zero attached hydrogens (tertiary/aromatic N) is 6. The lowest BCUT2D eigenvalue weighted by atomic mass is 9.81. The molecule has 0 fully saturated rings. The zero-order chi connectivity index (χ0) is 63.3. The topological polar surface area (TPSA) is 62.1 Å². The smallest absolute Gasteiger partial charge is 0.202 e. The van der Waals surface area contributed by atoms with Gasteiger partial charge in [0.2, 0.25) is 5.70 Å². The standard InChI is InChI=1S/C88H56N6S/c1-90-86(83(64-22-10-4-11-23-64)65-24-12-5-13-25-65)69-40-34-58(35-41-69)60-44-50-71(51-45-60)93(70-48-42-59(43-49-70)57-32-36-61(37-33-57)76(56-89)81(62-18-6-2-7-19-62)63-20-8-3-9-21-63)80-55-53-73(87-88(80)92-95-91-87)72-29-17-31-79-85(72)74-28-14-15-30-77(74)94(79)78-54-47-68-39-38-66-26-16-27-67-46-52-75(78)84(68)82(66)67/h2-26,28-51,53-55H,27,52H2. The third kappa shape index (κ3) is 9.86. The van der Waals surface area contributed by atoms with Crippen molar-refractivity contribution in [3.8, 4) is 45.1 Å². The molecule has 7 heteroatoms. The summed E-state index contributed by atoms with van der Waals surface area (Å²) in [7, 11) is 0. The first-order chi connectivity index (χ1) is 47.1. The number of hydrogen-bond acceptors (Lipinski definition) is 5. The van der Waals surface area contributed by atoms with E-state index in [1.165, 1.54) is 61.2 Å². The summed E-state index contributed by atoms with van der Waals surface area (Å²) >= 11 is 1.24. The van der Waals surface area contributed by atoms with Gasteiger partial charge in [-0.1, -0.05) is 261 Å². The van der Waals surface area contributed by atoms with Crippen LogP contribution < -0.4 is 4.90 Å². The Hall–Kier alpha value is -12.5. The third-order valence-corrected chi connectivity index (χ3v) is 19.4. The van der Waals surface area contributed by atoms with Gasteiger partial charge in [0.25, 0.3) is 0 Å². The Kier molecular flexibility index (Phi) is 14.2. The molecule has 444 valence electrons. The molecule has 0 N–H and O–H groups in total. The van der Waals surface area contributed by atoms with E-state index in [0.29, 0.717) is 11.3 Å². The largest absolute Gasteiger partial charge is 0.309 e. The molecule has 0 aliphatic heterocycles. The van der Waals surface area contributed by atoms with E-state index in [1.807, 2.05) is 72.8 Å². The van der Waals surface area contributed by atoms with Gasteiger partial charge in [-0.3, -0.25) is 0 Å². The van der Waals surface area contributed by atoms with Crippen LogP contribution in [0.25, 0.3) is 122 Å². The van der Waals surface area contributed by atoms with Crippen molar-refractivity contribution in [1.29, 1.82) is 5.26 Å². The lowest BCUT2D eigenvalue weighted by Gasteiger charge is -2.26. The molecule has 2 aliphatic rings. The van der Waals surface area contributed by atoms with Gasteiger partial charge in [-0.25, -0.2) is 4.85 Å². The third-order valence-electron chi connectivity index (χ3n) is 18.9. The number of nitriles is 1. The van der Waals surface area contributed by atoms with Gasteiger partial charge in [-0.05, 0) is 167 Å². The molecule has 0 radical (unpaired) electrons. The van der Waals surface area contributed by atoms with Crippen LogP contribution in [0.2, 0.25) is 0 Å². The van der Waals surface area contributed by atoms with Crippen LogP contribution in [0.4, 0.5) is 17.1 Å². The lowest BCUT2D eigenvalue weighted by Crippen LogP contribution is -2.10. The first kappa shape index (κ1) is 56.5. The molecule has 0 spiro atoms. The minimum absolute atomic E-state index is 0.601. The molecule has 13 aromatic carbocycles. The monoisotopic (exact) mass is 1230 g/mol. The second-order valence-corrected chi connectivity index (χ2v) is 24.7. The fourth-order valence-electron chi connectivity index (χ4n) is 14.5. The number of para-hydroxylation sites is 1. The quantitative estimate of drug-likeness (QED) is 0.0656. The van der Waals surface area contributed by atoms with Gasteiger partial charge in [0, 0.05) is 33.3 Å². The number of rotatable bonds is 13. The van der Waals surface area contributed by atoms with Gasteiger partial charge < -0.3 is 9.47 Å². The summed E-state index contributed by atoms with van der Waals surface area (Å²) in [6.45, 7) is 8.48. The van der Waals surface area contributed by atoms with Gasteiger partial charge in [-0.2, -0.15) is 14.0 Å². The van der Waals surface area contributed by atoms with Crippen LogP contribution in [0.15, 0.2) is 309 Å². The Balaban J connectivity index is 0.767. The van der Waals surface area contributed by atoms with Gasteiger partial charge in [0.05, 0.1) is 46.3 Å². The first-order valence-electron chi connectivity index (χ1n) is 32.0. The molecule has 95 heavy (non-hydrogen) atoms. The van der Waals surface area contributed by atoms with Crippen molar-refractivity contribution in [2.75, 3.05) is 4.90 Å². The molecule has 2 aromatic heterocycles. The van der Waals surface area contributed by atoms with E-state index in [9.17, 15) is 5.26 Å². The maximum absolute atomic E-state index is 10.8. The van der Waals surface area contributed by atoms with Gasteiger partial charge in [-0.15, -0.1) is 0 Å². The molecule has 0 bridgehead atoms. The predicted molar refractivity (Wildman–Crippen MR) is 395 cm³/mol. The van der Waals surface area contributed by atoms with Gasteiger partial charge >= 0.3 is 0 Å². The number of hydrogen-bond donors (Lipinski definition) is 0. The Bertz CT molecular complexity index is 5450. The number of aromatic nitrogens is 3. The molecule has 0 saturated carbocycles. The summed E-state index contributed by atoms with van der Waals surface area (Å²) in [6, 6.07) is 107. The Morgan fingerprint density at radius 1 is 0.463 bits per heavy atom. The average molecular weight is 1230 g/mol. The van der Waals surface area contributed by atoms with E-state index in [4.69, 9.17) is 15.3 Å². The number of fused-ring (bicyclic) bond motifs is 4. The van der Waals surface area contributed by atoms with Gasteiger partial charge in [0.1, 0.15) is 17.1 Å². The summed E-state index contributed by atoms with van der Waals surface area (Å²) in [6.07, 6.45) is 8.86. The van der Waals surface area contributed by atoms with E-state index in [0.717, 1.165) is 130 Å². The first-order valence-corrected chi connectivity index (χ1v) is 32.7. The maximum atomic E-state index is 10.8. The average Bonchev–Trinajstić information content (AvgIpc) is 1.44. The summed E-state index contributed by atoms with van der Waals surface area (Å²) in [5.41, 5.74) is 28.4. The predicted octanol–water partition coefficient (Wildman–Crippen LogP) is 23.1. The highest BCUT2D eigenvalue weighted by atomic mass is 32.1. The lowest BCUT2D eigenvalue weighted by molar-refractivity contribution is 1.12. The molecule has 0 atom stereocenters. The zero-order valence-electron chi connectivity index (χ0n) is 51.5. The van der Waals surface area contributed by atoms with Crippen LogP contribution in [-0.4, -0.2) is 13.3 Å². The molecular formula is C88H56N6S.